The van der Waals surface area contributed by atoms with Crippen LogP contribution < -0.4 is 5.73 Å². The molecule has 1 aliphatic carbocycles. The SMILES string of the molecule is NC1CCC(c2nc(CCc3ccccc3)nn2CCc2cnc[nH]2)CC1. The van der Waals surface area contributed by atoms with Gasteiger partial charge in [0.2, 0.25) is 0 Å². The normalized spacial score (nSPS) is 20.0. The predicted octanol–water partition coefficient (Wildman–Crippen LogP) is 3.01. The number of aromatic amines is 1. The van der Waals surface area contributed by atoms with E-state index in [0.717, 1.165) is 68.8 Å². The van der Waals surface area contributed by atoms with Crippen LogP contribution in [0.1, 0.15) is 54.5 Å². The highest BCUT2D eigenvalue weighted by atomic mass is 15.3. The molecule has 142 valence electrons. The quantitative estimate of drug-likeness (QED) is 0.675. The summed E-state index contributed by atoms with van der Waals surface area (Å²) >= 11 is 0. The van der Waals surface area contributed by atoms with Crippen molar-refractivity contribution in [2.45, 2.75) is 63.5 Å². The standard InChI is InChI=1S/C21H28N6/c22-18-9-7-17(8-10-18)21-25-20(11-6-16-4-2-1-3-5-16)26-27(21)13-12-19-14-23-15-24-19/h1-5,14-15,17-18H,6-13,22H2,(H,23,24). The van der Waals surface area contributed by atoms with Crippen molar-refractivity contribution in [3.63, 3.8) is 0 Å². The summed E-state index contributed by atoms with van der Waals surface area (Å²) in [6.07, 6.45) is 10.7. The van der Waals surface area contributed by atoms with Gasteiger partial charge >= 0.3 is 0 Å². The molecule has 27 heavy (non-hydrogen) atoms. The second kappa shape index (κ2) is 8.48. The Labute approximate surface area is 160 Å². The maximum atomic E-state index is 6.10. The van der Waals surface area contributed by atoms with E-state index in [4.69, 9.17) is 15.8 Å². The molecule has 1 saturated carbocycles. The second-order valence-corrected chi connectivity index (χ2v) is 7.53. The third kappa shape index (κ3) is 4.63. The van der Waals surface area contributed by atoms with Crippen LogP contribution in [0.25, 0.3) is 0 Å². The number of nitrogens with one attached hydrogen (secondary N) is 1. The molecule has 6 nitrogen and oxygen atoms in total. The highest BCUT2D eigenvalue weighted by molar-refractivity contribution is 5.16. The maximum absolute atomic E-state index is 6.10. The van der Waals surface area contributed by atoms with E-state index in [1.165, 1.54) is 5.56 Å². The van der Waals surface area contributed by atoms with Gasteiger partial charge in [-0.3, -0.25) is 0 Å². The van der Waals surface area contributed by atoms with E-state index in [2.05, 4.69) is 45.0 Å². The number of aryl methyl sites for hydroxylation is 4. The van der Waals surface area contributed by atoms with E-state index in [1.54, 1.807) is 6.33 Å². The first kappa shape index (κ1) is 17.9. The number of hydrogen-bond acceptors (Lipinski definition) is 4. The molecule has 6 heteroatoms. The molecular formula is C21H28N6. The molecule has 4 rings (SSSR count). The molecule has 0 spiro atoms. The number of H-pyrrole nitrogens is 1. The molecule has 2 heterocycles. The Kier molecular flexibility index (Phi) is 5.63. The summed E-state index contributed by atoms with van der Waals surface area (Å²) in [5, 5.41) is 4.86. The lowest BCUT2D eigenvalue weighted by molar-refractivity contribution is 0.371. The molecule has 1 aromatic carbocycles. The Morgan fingerprint density at radius 3 is 2.59 bits per heavy atom. The minimum Gasteiger partial charge on any atom is -0.348 e. The summed E-state index contributed by atoms with van der Waals surface area (Å²) < 4.78 is 2.13. The van der Waals surface area contributed by atoms with Crippen molar-refractivity contribution in [3.8, 4) is 0 Å². The number of nitrogens with two attached hydrogens (primary N) is 1. The van der Waals surface area contributed by atoms with E-state index >= 15 is 0 Å². The van der Waals surface area contributed by atoms with Crippen molar-refractivity contribution in [3.05, 3.63) is 65.8 Å². The van der Waals surface area contributed by atoms with Gasteiger partial charge in [-0.1, -0.05) is 30.3 Å². The van der Waals surface area contributed by atoms with Crippen molar-refractivity contribution in [2.75, 3.05) is 0 Å². The first-order chi connectivity index (χ1) is 13.3. The summed E-state index contributed by atoms with van der Waals surface area (Å²) in [4.78, 5) is 12.2. The predicted molar refractivity (Wildman–Crippen MR) is 105 cm³/mol. The van der Waals surface area contributed by atoms with Crippen molar-refractivity contribution < 1.29 is 0 Å². The van der Waals surface area contributed by atoms with Crippen LogP contribution >= 0.6 is 0 Å². The number of rotatable bonds is 7. The Bertz CT molecular complexity index is 816. The zero-order valence-corrected chi connectivity index (χ0v) is 15.7. The smallest absolute Gasteiger partial charge is 0.151 e. The Morgan fingerprint density at radius 2 is 1.85 bits per heavy atom. The highest BCUT2D eigenvalue weighted by Gasteiger charge is 2.25. The molecule has 0 atom stereocenters. The van der Waals surface area contributed by atoms with Crippen LogP contribution in [0, 0.1) is 0 Å². The molecule has 0 amide bonds. The van der Waals surface area contributed by atoms with Crippen LogP contribution in [-0.4, -0.2) is 30.8 Å². The Morgan fingerprint density at radius 1 is 1.04 bits per heavy atom. The third-order valence-electron chi connectivity index (χ3n) is 5.51. The Balaban J connectivity index is 1.48. The zero-order valence-electron chi connectivity index (χ0n) is 15.7. The highest BCUT2D eigenvalue weighted by Crippen LogP contribution is 2.31. The Hall–Kier alpha value is -2.47. The van der Waals surface area contributed by atoms with Gasteiger partial charge in [0.05, 0.1) is 6.33 Å². The van der Waals surface area contributed by atoms with E-state index in [0.29, 0.717) is 12.0 Å². The van der Waals surface area contributed by atoms with Gasteiger partial charge in [0.1, 0.15) is 5.82 Å². The largest absolute Gasteiger partial charge is 0.348 e. The van der Waals surface area contributed by atoms with Crippen molar-refractivity contribution in [1.82, 2.24) is 24.7 Å². The fourth-order valence-electron chi connectivity index (χ4n) is 3.90. The van der Waals surface area contributed by atoms with Gasteiger partial charge < -0.3 is 10.7 Å². The second-order valence-electron chi connectivity index (χ2n) is 7.53. The zero-order chi connectivity index (χ0) is 18.5. The van der Waals surface area contributed by atoms with Gasteiger partial charge in [-0.05, 0) is 37.7 Å². The molecule has 1 aliphatic rings. The summed E-state index contributed by atoms with van der Waals surface area (Å²) in [6, 6.07) is 10.9. The third-order valence-corrected chi connectivity index (χ3v) is 5.51. The average molecular weight is 364 g/mol. The lowest BCUT2D eigenvalue weighted by atomic mass is 9.86. The van der Waals surface area contributed by atoms with E-state index < -0.39 is 0 Å². The maximum Gasteiger partial charge on any atom is 0.151 e. The number of aromatic nitrogens is 5. The molecule has 0 radical (unpaired) electrons. The summed E-state index contributed by atoms with van der Waals surface area (Å²) in [5.74, 6) is 2.57. The number of hydrogen-bond donors (Lipinski definition) is 2. The van der Waals surface area contributed by atoms with Crippen LogP contribution in [0.2, 0.25) is 0 Å². The van der Waals surface area contributed by atoms with Gasteiger partial charge in [-0.25, -0.2) is 14.6 Å². The molecular weight excluding hydrogens is 336 g/mol. The van der Waals surface area contributed by atoms with Crippen molar-refractivity contribution >= 4 is 0 Å². The summed E-state index contributed by atoms with van der Waals surface area (Å²) in [6.45, 7) is 0.832. The molecule has 3 aromatic rings. The minimum absolute atomic E-state index is 0.347. The molecule has 1 fully saturated rings. The van der Waals surface area contributed by atoms with Crippen LogP contribution in [-0.2, 0) is 25.8 Å². The molecule has 2 aromatic heterocycles. The molecule has 0 aliphatic heterocycles. The van der Waals surface area contributed by atoms with Gasteiger partial charge in [0, 0.05) is 43.2 Å². The fraction of sp³-hybridized carbons (Fsp3) is 0.476. The van der Waals surface area contributed by atoms with E-state index in [-0.39, 0.29) is 0 Å². The first-order valence-corrected chi connectivity index (χ1v) is 9.98. The van der Waals surface area contributed by atoms with Crippen molar-refractivity contribution in [2.24, 2.45) is 5.73 Å². The lowest BCUT2D eigenvalue weighted by Gasteiger charge is -2.25. The summed E-state index contributed by atoms with van der Waals surface area (Å²) in [5.41, 5.74) is 8.56. The van der Waals surface area contributed by atoms with Gasteiger partial charge in [0.25, 0.3) is 0 Å². The van der Waals surface area contributed by atoms with Crippen LogP contribution in [0.15, 0.2) is 42.9 Å². The number of nitrogens with zero attached hydrogens (tertiary/aromatic N) is 4. The molecule has 0 bridgehead atoms. The monoisotopic (exact) mass is 364 g/mol. The fourth-order valence-corrected chi connectivity index (χ4v) is 3.90. The van der Waals surface area contributed by atoms with E-state index in [9.17, 15) is 0 Å². The minimum atomic E-state index is 0.347. The first-order valence-electron chi connectivity index (χ1n) is 9.98. The average Bonchev–Trinajstić information content (AvgIpc) is 3.36. The van der Waals surface area contributed by atoms with Gasteiger partial charge in [-0.2, -0.15) is 5.10 Å². The van der Waals surface area contributed by atoms with E-state index in [1.807, 2.05) is 6.20 Å². The van der Waals surface area contributed by atoms with Gasteiger partial charge in [-0.15, -0.1) is 0 Å². The van der Waals surface area contributed by atoms with Crippen molar-refractivity contribution in [1.29, 1.82) is 0 Å². The number of benzene rings is 1. The van der Waals surface area contributed by atoms with Gasteiger partial charge in [0.15, 0.2) is 5.82 Å². The summed E-state index contributed by atoms with van der Waals surface area (Å²) in [7, 11) is 0. The van der Waals surface area contributed by atoms with Crippen LogP contribution in [0.3, 0.4) is 0 Å². The topological polar surface area (TPSA) is 85.4 Å². The molecule has 0 unspecified atom stereocenters. The molecule has 3 N–H and O–H groups in total. The number of imidazole rings is 1. The molecule has 0 saturated heterocycles. The van der Waals surface area contributed by atoms with Crippen LogP contribution in [0.5, 0.6) is 0 Å². The lowest BCUT2D eigenvalue weighted by Crippen LogP contribution is -2.27. The van der Waals surface area contributed by atoms with Crippen LogP contribution in [0.4, 0.5) is 0 Å².